The van der Waals surface area contributed by atoms with Crippen molar-refractivity contribution >= 4 is 34.8 Å². The Bertz CT molecular complexity index is 454. The highest BCUT2D eigenvalue weighted by Crippen LogP contribution is 2.30. The molecule has 7 heteroatoms. The molecule has 4 N–H and O–H groups in total. The van der Waals surface area contributed by atoms with Gasteiger partial charge in [-0.3, -0.25) is 0 Å². The monoisotopic (exact) mass is 303 g/mol. The quantitative estimate of drug-likeness (QED) is 0.591. The summed E-state index contributed by atoms with van der Waals surface area (Å²) >= 11 is 12.1. The summed E-state index contributed by atoms with van der Waals surface area (Å²) in [6.07, 6.45) is 2.12. The molecule has 1 aromatic heterocycles. The minimum absolute atomic E-state index is 0.364. The van der Waals surface area contributed by atoms with Crippen LogP contribution < -0.4 is 16.6 Å². The summed E-state index contributed by atoms with van der Waals surface area (Å²) in [6.45, 7) is 3.28. The Morgan fingerprint density at radius 1 is 1.37 bits per heavy atom. The van der Waals surface area contributed by atoms with Gasteiger partial charge in [0.15, 0.2) is 5.82 Å². The molecule has 0 saturated carbocycles. The second kappa shape index (κ2) is 6.13. The van der Waals surface area contributed by atoms with E-state index in [-0.39, 0.29) is 0 Å². The van der Waals surface area contributed by atoms with Crippen molar-refractivity contribution < 1.29 is 0 Å². The van der Waals surface area contributed by atoms with Crippen LogP contribution in [0.25, 0.3) is 0 Å². The number of likely N-dealkylation sites (tertiary alicyclic amines) is 1. The van der Waals surface area contributed by atoms with E-state index in [1.54, 1.807) is 6.07 Å². The van der Waals surface area contributed by atoms with Crippen LogP contribution in [0.2, 0.25) is 10.0 Å². The molecule has 0 aromatic carbocycles. The van der Waals surface area contributed by atoms with Gasteiger partial charge in [0.1, 0.15) is 5.82 Å². The van der Waals surface area contributed by atoms with E-state index in [2.05, 4.69) is 34.6 Å². The fourth-order valence-electron chi connectivity index (χ4n) is 2.28. The Morgan fingerprint density at radius 2 is 2.05 bits per heavy atom. The van der Waals surface area contributed by atoms with Gasteiger partial charge in [0.05, 0.1) is 10.0 Å². The number of halogens is 2. The highest BCUT2D eigenvalue weighted by Gasteiger charge is 2.23. The third kappa shape index (κ3) is 3.42. The Hall–Kier alpha value is -0.750. The van der Waals surface area contributed by atoms with Crippen LogP contribution in [-0.4, -0.2) is 35.6 Å². The zero-order valence-electron chi connectivity index (χ0n) is 11.1. The van der Waals surface area contributed by atoms with Crippen molar-refractivity contribution in [1.29, 1.82) is 0 Å². The molecule has 0 spiro atoms. The average molecular weight is 304 g/mol. The first-order valence-corrected chi connectivity index (χ1v) is 7.06. The fraction of sp³-hybridized carbons (Fsp3) is 0.583. The molecule has 0 aliphatic carbocycles. The zero-order valence-corrected chi connectivity index (χ0v) is 12.6. The van der Waals surface area contributed by atoms with Crippen LogP contribution in [0, 0.1) is 0 Å². The molecule has 2 heterocycles. The van der Waals surface area contributed by atoms with Crippen molar-refractivity contribution in [3.8, 4) is 0 Å². The summed E-state index contributed by atoms with van der Waals surface area (Å²) in [4.78, 5) is 6.65. The Labute approximate surface area is 123 Å². The number of nitrogens with one attached hydrogen (secondary N) is 2. The number of hydrogen-bond acceptors (Lipinski definition) is 5. The molecule has 2 unspecified atom stereocenters. The van der Waals surface area contributed by atoms with Crippen molar-refractivity contribution in [2.24, 2.45) is 5.84 Å². The van der Waals surface area contributed by atoms with Crippen LogP contribution in [-0.2, 0) is 0 Å². The van der Waals surface area contributed by atoms with E-state index in [9.17, 15) is 0 Å². The molecule has 2 rings (SSSR count). The SMILES string of the molecule is CC1CC(Nc2nc(NN)c(Cl)cc2Cl)CCN1C. The minimum Gasteiger partial charge on any atom is -0.366 e. The summed E-state index contributed by atoms with van der Waals surface area (Å²) in [7, 11) is 2.14. The lowest BCUT2D eigenvalue weighted by atomic mass is 9.99. The number of pyridine rings is 1. The number of hydrogen-bond donors (Lipinski definition) is 3. The van der Waals surface area contributed by atoms with Gasteiger partial charge in [-0.05, 0) is 32.9 Å². The number of nitrogens with zero attached hydrogens (tertiary/aromatic N) is 2. The maximum atomic E-state index is 6.15. The topological polar surface area (TPSA) is 66.2 Å². The van der Waals surface area contributed by atoms with Crippen LogP contribution in [0.4, 0.5) is 11.6 Å². The zero-order chi connectivity index (χ0) is 14.0. The van der Waals surface area contributed by atoms with Crippen LogP contribution in [0.5, 0.6) is 0 Å². The van der Waals surface area contributed by atoms with Crippen molar-refractivity contribution in [1.82, 2.24) is 9.88 Å². The van der Waals surface area contributed by atoms with Crippen LogP contribution >= 0.6 is 23.2 Å². The largest absolute Gasteiger partial charge is 0.366 e. The normalized spacial score (nSPS) is 24.3. The van der Waals surface area contributed by atoms with Crippen molar-refractivity contribution in [3.05, 3.63) is 16.1 Å². The number of piperidine rings is 1. The maximum Gasteiger partial charge on any atom is 0.161 e. The number of anilines is 2. The molecular formula is C12H19Cl2N5. The van der Waals surface area contributed by atoms with Gasteiger partial charge in [0.25, 0.3) is 0 Å². The van der Waals surface area contributed by atoms with Gasteiger partial charge in [0, 0.05) is 18.6 Å². The van der Waals surface area contributed by atoms with Gasteiger partial charge in [-0.1, -0.05) is 23.2 Å². The smallest absolute Gasteiger partial charge is 0.161 e. The maximum absolute atomic E-state index is 6.15. The third-order valence-electron chi connectivity index (χ3n) is 3.62. The van der Waals surface area contributed by atoms with Crippen molar-refractivity contribution in [2.75, 3.05) is 24.3 Å². The first-order valence-electron chi connectivity index (χ1n) is 6.30. The number of nitrogen functional groups attached to an aromatic ring is 1. The van der Waals surface area contributed by atoms with Crippen LogP contribution in [0.1, 0.15) is 19.8 Å². The predicted molar refractivity (Wildman–Crippen MR) is 80.8 cm³/mol. The van der Waals surface area contributed by atoms with Crippen LogP contribution in [0.15, 0.2) is 6.07 Å². The molecule has 0 radical (unpaired) electrons. The molecule has 1 aliphatic rings. The van der Waals surface area contributed by atoms with E-state index >= 15 is 0 Å². The Balaban J connectivity index is 2.11. The Morgan fingerprint density at radius 3 is 2.68 bits per heavy atom. The molecule has 0 bridgehead atoms. The first-order chi connectivity index (χ1) is 9.01. The minimum atomic E-state index is 0.364. The average Bonchev–Trinajstić information content (AvgIpc) is 2.37. The molecule has 0 amide bonds. The third-order valence-corrected chi connectivity index (χ3v) is 4.19. The van der Waals surface area contributed by atoms with Gasteiger partial charge < -0.3 is 15.6 Å². The van der Waals surface area contributed by atoms with Crippen molar-refractivity contribution in [3.63, 3.8) is 0 Å². The lowest BCUT2D eigenvalue weighted by Gasteiger charge is -2.35. The summed E-state index contributed by atoms with van der Waals surface area (Å²) < 4.78 is 0. The molecular weight excluding hydrogens is 285 g/mol. The van der Waals surface area contributed by atoms with E-state index < -0.39 is 0 Å². The standard InChI is InChI=1S/C12H19Cl2N5/c1-7-5-8(3-4-19(7)2)16-11-9(13)6-10(14)12(17-11)18-15/h6-8H,3-5,15H2,1-2H3,(H2,16,17,18). The van der Waals surface area contributed by atoms with Gasteiger partial charge in [-0.25, -0.2) is 10.8 Å². The summed E-state index contributed by atoms with van der Waals surface area (Å²) in [6, 6.07) is 2.55. The summed E-state index contributed by atoms with van der Waals surface area (Å²) in [5, 5.41) is 4.30. The first kappa shape index (κ1) is 14.7. The van der Waals surface area contributed by atoms with E-state index in [1.165, 1.54) is 0 Å². The lowest BCUT2D eigenvalue weighted by Crippen LogP contribution is -2.42. The number of nitrogens with two attached hydrogens (primary N) is 1. The molecule has 5 nitrogen and oxygen atoms in total. The number of aromatic nitrogens is 1. The highest BCUT2D eigenvalue weighted by molar-refractivity contribution is 6.37. The molecule has 1 aliphatic heterocycles. The molecule has 106 valence electrons. The number of hydrazine groups is 1. The number of rotatable bonds is 3. The van der Waals surface area contributed by atoms with E-state index in [0.29, 0.717) is 33.8 Å². The fourth-order valence-corrected chi connectivity index (χ4v) is 2.75. The van der Waals surface area contributed by atoms with Crippen molar-refractivity contribution in [2.45, 2.75) is 31.8 Å². The second-order valence-corrected chi connectivity index (χ2v) is 5.80. The highest BCUT2D eigenvalue weighted by atomic mass is 35.5. The molecule has 2 atom stereocenters. The van der Waals surface area contributed by atoms with Gasteiger partial charge in [0.2, 0.25) is 0 Å². The van der Waals surface area contributed by atoms with Crippen LogP contribution in [0.3, 0.4) is 0 Å². The molecule has 19 heavy (non-hydrogen) atoms. The summed E-state index contributed by atoms with van der Waals surface area (Å²) in [5.41, 5.74) is 2.47. The predicted octanol–water partition coefficient (Wildman–Crippen LogP) is 2.57. The lowest BCUT2D eigenvalue weighted by molar-refractivity contribution is 0.190. The van der Waals surface area contributed by atoms with E-state index in [1.807, 2.05) is 0 Å². The van der Waals surface area contributed by atoms with Gasteiger partial charge >= 0.3 is 0 Å². The van der Waals surface area contributed by atoms with Gasteiger partial charge in [-0.2, -0.15) is 0 Å². The summed E-state index contributed by atoms with van der Waals surface area (Å²) in [5.74, 6) is 6.42. The second-order valence-electron chi connectivity index (χ2n) is 4.99. The Kier molecular flexibility index (Phi) is 4.73. The molecule has 1 aromatic rings. The molecule has 1 fully saturated rings. The van der Waals surface area contributed by atoms with Gasteiger partial charge in [-0.15, -0.1) is 0 Å². The van der Waals surface area contributed by atoms with E-state index in [0.717, 1.165) is 19.4 Å². The molecule has 1 saturated heterocycles. The van der Waals surface area contributed by atoms with E-state index in [4.69, 9.17) is 29.0 Å².